The lowest BCUT2D eigenvalue weighted by Gasteiger charge is -2.38. The number of hydrogen-bond donors (Lipinski definition) is 2. The third-order valence-electron chi connectivity index (χ3n) is 6.53. The summed E-state index contributed by atoms with van der Waals surface area (Å²) in [6.07, 6.45) is 6.81. The minimum atomic E-state index is -0.465. The van der Waals surface area contributed by atoms with Crippen molar-refractivity contribution < 1.29 is 19.4 Å². The van der Waals surface area contributed by atoms with Crippen LogP contribution in [-0.4, -0.2) is 41.7 Å². The highest BCUT2D eigenvalue weighted by Gasteiger charge is 2.33. The number of amides is 1. The molecule has 6 nitrogen and oxygen atoms in total. The van der Waals surface area contributed by atoms with E-state index in [1.54, 1.807) is 0 Å². The Bertz CT molecular complexity index is 876. The van der Waals surface area contributed by atoms with Crippen molar-refractivity contribution in [3.8, 4) is 0 Å². The first kappa shape index (κ1) is 23.9. The summed E-state index contributed by atoms with van der Waals surface area (Å²) in [5, 5.41) is 12.2. The number of aliphatic hydroxyl groups excluding tert-OH is 1. The van der Waals surface area contributed by atoms with Crippen LogP contribution in [0.15, 0.2) is 48.5 Å². The van der Waals surface area contributed by atoms with Crippen molar-refractivity contribution in [1.29, 1.82) is 0 Å². The summed E-state index contributed by atoms with van der Waals surface area (Å²) in [4.78, 5) is 13.9. The normalized spacial score (nSPS) is 24.6. The van der Waals surface area contributed by atoms with Crippen molar-refractivity contribution in [1.82, 2.24) is 4.90 Å². The zero-order valence-electron chi connectivity index (χ0n) is 19.5. The predicted octanol–water partition coefficient (Wildman–Crippen LogP) is 4.95. The maximum atomic E-state index is 11.3. The SMILES string of the molecule is CC(=O)Nc1ccc([C@H]2O[C@@H](CN3CCCCCCC3)C[C@@H](c3ccc(CO)cc3)O2)cc1. The lowest BCUT2D eigenvalue weighted by Crippen LogP contribution is -2.40. The highest BCUT2D eigenvalue weighted by molar-refractivity contribution is 5.88. The second-order valence-electron chi connectivity index (χ2n) is 9.22. The lowest BCUT2D eigenvalue weighted by atomic mass is 9.99. The van der Waals surface area contributed by atoms with Crippen LogP contribution >= 0.6 is 0 Å². The minimum Gasteiger partial charge on any atom is -0.392 e. The van der Waals surface area contributed by atoms with E-state index >= 15 is 0 Å². The van der Waals surface area contributed by atoms with Gasteiger partial charge in [0, 0.05) is 31.1 Å². The number of rotatable bonds is 6. The van der Waals surface area contributed by atoms with Crippen molar-refractivity contribution in [2.24, 2.45) is 0 Å². The van der Waals surface area contributed by atoms with Crippen LogP contribution in [0, 0.1) is 0 Å². The van der Waals surface area contributed by atoms with Gasteiger partial charge in [-0.25, -0.2) is 0 Å². The first-order valence-electron chi connectivity index (χ1n) is 12.2. The van der Waals surface area contributed by atoms with E-state index < -0.39 is 6.29 Å². The summed E-state index contributed by atoms with van der Waals surface area (Å²) in [5.41, 5.74) is 3.70. The van der Waals surface area contributed by atoms with Crippen molar-refractivity contribution in [2.75, 3.05) is 25.0 Å². The molecule has 2 N–H and O–H groups in total. The van der Waals surface area contributed by atoms with Gasteiger partial charge in [0.15, 0.2) is 6.29 Å². The van der Waals surface area contributed by atoms with Crippen LogP contribution in [0.2, 0.25) is 0 Å². The summed E-state index contributed by atoms with van der Waals surface area (Å²) in [7, 11) is 0. The second kappa shape index (κ2) is 11.7. The molecule has 0 aromatic heterocycles. The van der Waals surface area contributed by atoms with E-state index in [1.807, 2.05) is 48.5 Å². The van der Waals surface area contributed by atoms with E-state index in [0.717, 1.165) is 48.4 Å². The average molecular weight is 453 g/mol. The van der Waals surface area contributed by atoms with Gasteiger partial charge in [-0.15, -0.1) is 0 Å². The van der Waals surface area contributed by atoms with Gasteiger partial charge in [0.2, 0.25) is 5.91 Å². The van der Waals surface area contributed by atoms with E-state index in [0.29, 0.717) is 0 Å². The van der Waals surface area contributed by atoms with Gasteiger partial charge >= 0.3 is 0 Å². The van der Waals surface area contributed by atoms with Crippen molar-refractivity contribution in [3.05, 3.63) is 65.2 Å². The number of likely N-dealkylation sites (tertiary alicyclic amines) is 1. The number of nitrogens with one attached hydrogen (secondary N) is 1. The van der Waals surface area contributed by atoms with E-state index in [1.165, 1.54) is 39.0 Å². The molecule has 3 atom stereocenters. The molecule has 0 aliphatic carbocycles. The molecule has 4 rings (SSSR count). The molecule has 2 aromatic carbocycles. The molecule has 0 bridgehead atoms. The fourth-order valence-electron chi connectivity index (χ4n) is 4.74. The topological polar surface area (TPSA) is 71.0 Å². The van der Waals surface area contributed by atoms with Crippen LogP contribution in [0.25, 0.3) is 0 Å². The van der Waals surface area contributed by atoms with Gasteiger partial charge in [0.05, 0.1) is 18.8 Å². The first-order valence-corrected chi connectivity index (χ1v) is 12.2. The van der Waals surface area contributed by atoms with E-state index in [-0.39, 0.29) is 24.7 Å². The van der Waals surface area contributed by atoms with Crippen LogP contribution in [0.4, 0.5) is 5.69 Å². The average Bonchev–Trinajstić information content (AvgIpc) is 2.81. The highest BCUT2D eigenvalue weighted by atomic mass is 16.7. The molecule has 2 aromatic rings. The molecule has 0 saturated carbocycles. The predicted molar refractivity (Wildman–Crippen MR) is 129 cm³/mol. The Kier molecular flexibility index (Phi) is 8.51. The number of anilines is 1. The maximum absolute atomic E-state index is 11.3. The van der Waals surface area contributed by atoms with E-state index in [2.05, 4.69) is 10.2 Å². The molecule has 2 saturated heterocycles. The quantitative estimate of drug-likeness (QED) is 0.649. The van der Waals surface area contributed by atoms with Gasteiger partial charge in [-0.05, 0) is 49.2 Å². The Hall–Kier alpha value is -2.25. The Balaban J connectivity index is 1.51. The summed E-state index contributed by atoms with van der Waals surface area (Å²) in [5.74, 6) is -0.0902. The summed E-state index contributed by atoms with van der Waals surface area (Å²) < 4.78 is 12.9. The maximum Gasteiger partial charge on any atom is 0.221 e. The number of hydrogen-bond acceptors (Lipinski definition) is 5. The highest BCUT2D eigenvalue weighted by Crippen LogP contribution is 2.38. The Morgan fingerprint density at radius 1 is 0.939 bits per heavy atom. The van der Waals surface area contributed by atoms with E-state index in [9.17, 15) is 9.90 Å². The standard InChI is InChI=1S/C27H36N2O4/c1-20(31)28-24-13-11-23(12-14-24)27-32-25(18-29-15-5-3-2-4-6-16-29)17-26(33-27)22-9-7-21(19-30)8-10-22/h7-14,25-27,30H,2-6,15-19H2,1H3,(H,28,31)/t25-,26+,27+/m1/s1. The number of nitrogens with zero attached hydrogens (tertiary/aromatic N) is 1. The summed E-state index contributed by atoms with van der Waals surface area (Å²) in [6.45, 7) is 4.72. The number of benzene rings is 2. The number of ether oxygens (including phenoxy) is 2. The largest absolute Gasteiger partial charge is 0.392 e. The molecule has 2 aliphatic rings. The minimum absolute atomic E-state index is 0.0375. The Morgan fingerprint density at radius 2 is 1.58 bits per heavy atom. The molecule has 1 amide bonds. The van der Waals surface area contributed by atoms with Crippen LogP contribution in [0.1, 0.15) is 74.5 Å². The molecule has 33 heavy (non-hydrogen) atoms. The smallest absolute Gasteiger partial charge is 0.221 e. The molecule has 6 heteroatoms. The molecule has 2 fully saturated rings. The van der Waals surface area contributed by atoms with Gasteiger partial charge in [-0.2, -0.15) is 0 Å². The summed E-state index contributed by atoms with van der Waals surface area (Å²) >= 11 is 0. The van der Waals surface area contributed by atoms with Gasteiger partial charge in [0.25, 0.3) is 0 Å². The second-order valence-corrected chi connectivity index (χ2v) is 9.22. The van der Waals surface area contributed by atoms with E-state index in [4.69, 9.17) is 9.47 Å². The van der Waals surface area contributed by atoms with Gasteiger partial charge in [-0.3, -0.25) is 4.79 Å². The molecule has 0 radical (unpaired) electrons. The third kappa shape index (κ3) is 6.87. The molecule has 2 heterocycles. The van der Waals surface area contributed by atoms with Crippen LogP contribution < -0.4 is 5.32 Å². The summed E-state index contributed by atoms with van der Waals surface area (Å²) in [6, 6.07) is 15.7. The molecular weight excluding hydrogens is 416 g/mol. The first-order chi connectivity index (χ1) is 16.1. The van der Waals surface area contributed by atoms with Gasteiger partial charge < -0.3 is 24.8 Å². The third-order valence-corrected chi connectivity index (χ3v) is 6.53. The number of aliphatic hydroxyl groups is 1. The van der Waals surface area contributed by atoms with Crippen molar-refractivity contribution >= 4 is 11.6 Å². The zero-order chi connectivity index (χ0) is 23.0. The van der Waals surface area contributed by atoms with Crippen LogP contribution in [-0.2, 0) is 20.9 Å². The monoisotopic (exact) mass is 452 g/mol. The number of carbonyl (C=O) groups excluding carboxylic acids is 1. The van der Waals surface area contributed by atoms with Gasteiger partial charge in [-0.1, -0.05) is 55.7 Å². The molecule has 178 valence electrons. The fraction of sp³-hybridized carbons (Fsp3) is 0.519. The van der Waals surface area contributed by atoms with Crippen molar-refractivity contribution in [2.45, 2.75) is 70.6 Å². The van der Waals surface area contributed by atoms with Crippen LogP contribution in [0.5, 0.6) is 0 Å². The Labute approximate surface area is 196 Å². The molecule has 2 aliphatic heterocycles. The lowest BCUT2D eigenvalue weighted by molar-refractivity contribution is -0.253. The van der Waals surface area contributed by atoms with Crippen LogP contribution in [0.3, 0.4) is 0 Å². The zero-order valence-corrected chi connectivity index (χ0v) is 19.5. The molecular formula is C27H36N2O4. The number of carbonyl (C=O) groups is 1. The Morgan fingerprint density at radius 3 is 2.21 bits per heavy atom. The molecule has 0 spiro atoms. The van der Waals surface area contributed by atoms with Gasteiger partial charge in [0.1, 0.15) is 0 Å². The van der Waals surface area contributed by atoms with Crippen molar-refractivity contribution in [3.63, 3.8) is 0 Å². The molecule has 0 unspecified atom stereocenters. The fourth-order valence-corrected chi connectivity index (χ4v) is 4.74.